The lowest BCUT2D eigenvalue weighted by Gasteiger charge is -2.50. The van der Waals surface area contributed by atoms with Gasteiger partial charge in [-0.15, -0.1) is 5.10 Å². The number of benzene rings is 1. The van der Waals surface area contributed by atoms with E-state index in [0.29, 0.717) is 6.01 Å². The van der Waals surface area contributed by atoms with Gasteiger partial charge in [-0.3, -0.25) is 0 Å². The summed E-state index contributed by atoms with van der Waals surface area (Å²) >= 11 is 0. The molecule has 1 aromatic carbocycles. The number of hydrogen-bond donors (Lipinski definition) is 1. The van der Waals surface area contributed by atoms with E-state index in [1.165, 1.54) is 0 Å². The van der Waals surface area contributed by atoms with E-state index < -0.39 is 0 Å². The third-order valence-electron chi connectivity index (χ3n) is 4.55. The zero-order valence-electron chi connectivity index (χ0n) is 11.9. The summed E-state index contributed by atoms with van der Waals surface area (Å²) in [7, 11) is 0. The first-order valence-electron chi connectivity index (χ1n) is 7.03. The van der Waals surface area contributed by atoms with Gasteiger partial charge in [-0.25, -0.2) is 4.68 Å². The molecule has 1 saturated carbocycles. The maximum Gasteiger partial charge on any atom is 0.336 e. The van der Waals surface area contributed by atoms with Gasteiger partial charge in [0.15, 0.2) is 0 Å². The molecule has 0 radical (unpaired) electrons. The van der Waals surface area contributed by atoms with Crippen LogP contribution in [0.2, 0.25) is 0 Å². The SMILES string of the molecule is CCC1(C)C(N)CC1Oc1ncn(-c2ccccc2)n1. The van der Waals surface area contributed by atoms with E-state index in [2.05, 4.69) is 23.9 Å². The standard InChI is InChI=1S/C15H20N4O/c1-3-15(2)12(16)9-13(15)20-14-17-10-19(18-14)11-7-5-4-6-8-11/h4-8,10,12-13H,3,9,16H2,1-2H3. The molecule has 1 aliphatic rings. The molecule has 0 amide bonds. The molecule has 3 atom stereocenters. The van der Waals surface area contributed by atoms with E-state index in [0.717, 1.165) is 18.5 Å². The van der Waals surface area contributed by atoms with Gasteiger partial charge in [0.2, 0.25) is 0 Å². The molecule has 1 aliphatic carbocycles. The highest BCUT2D eigenvalue weighted by Gasteiger charge is 2.50. The first-order chi connectivity index (χ1) is 9.63. The van der Waals surface area contributed by atoms with Crippen LogP contribution in [0.3, 0.4) is 0 Å². The number of nitrogens with two attached hydrogens (primary N) is 1. The normalized spacial score (nSPS) is 28.9. The average molecular weight is 272 g/mol. The summed E-state index contributed by atoms with van der Waals surface area (Å²) in [5, 5.41) is 4.37. The highest BCUT2D eigenvalue weighted by atomic mass is 16.5. The fourth-order valence-electron chi connectivity index (χ4n) is 2.65. The number of nitrogens with zero attached hydrogens (tertiary/aromatic N) is 3. The van der Waals surface area contributed by atoms with Gasteiger partial charge < -0.3 is 10.5 Å². The lowest BCUT2D eigenvalue weighted by Crippen LogP contribution is -2.61. The molecule has 2 aromatic rings. The quantitative estimate of drug-likeness (QED) is 0.926. The van der Waals surface area contributed by atoms with Gasteiger partial charge in [0.05, 0.1) is 5.69 Å². The summed E-state index contributed by atoms with van der Waals surface area (Å²) < 4.78 is 7.63. The molecule has 3 unspecified atom stereocenters. The van der Waals surface area contributed by atoms with Crippen molar-refractivity contribution in [3.8, 4) is 11.7 Å². The predicted molar refractivity (Wildman–Crippen MR) is 76.8 cm³/mol. The summed E-state index contributed by atoms with van der Waals surface area (Å²) in [5.74, 6) is 0. The van der Waals surface area contributed by atoms with Gasteiger partial charge in [0, 0.05) is 17.9 Å². The Hall–Kier alpha value is -1.88. The van der Waals surface area contributed by atoms with Gasteiger partial charge in [0.25, 0.3) is 0 Å². The minimum absolute atomic E-state index is 0.0260. The second kappa shape index (κ2) is 4.90. The number of para-hydroxylation sites is 1. The Kier molecular flexibility index (Phi) is 3.22. The molecule has 5 heteroatoms. The van der Waals surface area contributed by atoms with Crippen molar-refractivity contribution in [1.29, 1.82) is 0 Å². The first kappa shape index (κ1) is 13.1. The molecular weight excluding hydrogens is 252 g/mol. The molecule has 5 nitrogen and oxygen atoms in total. The highest BCUT2D eigenvalue weighted by molar-refractivity contribution is 5.29. The monoisotopic (exact) mass is 272 g/mol. The van der Waals surface area contributed by atoms with Gasteiger partial charge >= 0.3 is 6.01 Å². The van der Waals surface area contributed by atoms with Gasteiger partial charge in [-0.1, -0.05) is 32.0 Å². The maximum atomic E-state index is 6.08. The van der Waals surface area contributed by atoms with Gasteiger partial charge in [0.1, 0.15) is 12.4 Å². The zero-order valence-corrected chi connectivity index (χ0v) is 11.9. The van der Waals surface area contributed by atoms with E-state index in [4.69, 9.17) is 10.5 Å². The second-order valence-electron chi connectivity index (χ2n) is 5.62. The number of aromatic nitrogens is 3. The van der Waals surface area contributed by atoms with E-state index in [-0.39, 0.29) is 17.6 Å². The van der Waals surface area contributed by atoms with Crippen LogP contribution in [0.5, 0.6) is 6.01 Å². The minimum atomic E-state index is 0.0260. The maximum absolute atomic E-state index is 6.08. The largest absolute Gasteiger partial charge is 0.458 e. The van der Waals surface area contributed by atoms with Crippen molar-refractivity contribution in [3.05, 3.63) is 36.7 Å². The van der Waals surface area contributed by atoms with Crippen molar-refractivity contribution in [3.63, 3.8) is 0 Å². The fourth-order valence-corrected chi connectivity index (χ4v) is 2.65. The summed E-state index contributed by atoms with van der Waals surface area (Å²) in [6, 6.07) is 10.5. The molecule has 2 N–H and O–H groups in total. The lowest BCUT2D eigenvalue weighted by molar-refractivity contribution is -0.0606. The molecular formula is C15H20N4O. The lowest BCUT2D eigenvalue weighted by atomic mass is 9.62. The van der Waals surface area contributed by atoms with Gasteiger partial charge in [-0.05, 0) is 18.6 Å². The van der Waals surface area contributed by atoms with E-state index >= 15 is 0 Å². The van der Waals surface area contributed by atoms with Crippen LogP contribution in [0.4, 0.5) is 0 Å². The van der Waals surface area contributed by atoms with Crippen LogP contribution in [-0.4, -0.2) is 26.9 Å². The molecule has 20 heavy (non-hydrogen) atoms. The van der Waals surface area contributed by atoms with Crippen LogP contribution in [0.15, 0.2) is 36.7 Å². The molecule has 0 bridgehead atoms. The summed E-state index contributed by atoms with van der Waals surface area (Å²) in [4.78, 5) is 4.23. The molecule has 1 aromatic heterocycles. The summed E-state index contributed by atoms with van der Waals surface area (Å²) in [5.41, 5.74) is 7.08. The topological polar surface area (TPSA) is 66.0 Å². The zero-order chi connectivity index (χ0) is 14.2. The van der Waals surface area contributed by atoms with Crippen molar-refractivity contribution < 1.29 is 4.74 Å². The Bertz CT molecular complexity index is 583. The molecule has 1 heterocycles. The van der Waals surface area contributed by atoms with E-state index in [1.54, 1.807) is 11.0 Å². The molecule has 106 valence electrons. The Morgan fingerprint density at radius 3 is 2.80 bits per heavy atom. The van der Waals surface area contributed by atoms with Crippen molar-refractivity contribution in [2.24, 2.45) is 11.1 Å². The van der Waals surface area contributed by atoms with Crippen LogP contribution in [0.25, 0.3) is 5.69 Å². The van der Waals surface area contributed by atoms with Gasteiger partial charge in [-0.2, -0.15) is 4.98 Å². The molecule has 0 aliphatic heterocycles. The van der Waals surface area contributed by atoms with Crippen molar-refractivity contribution >= 4 is 0 Å². The van der Waals surface area contributed by atoms with Crippen LogP contribution >= 0.6 is 0 Å². The van der Waals surface area contributed by atoms with E-state index in [1.807, 2.05) is 30.3 Å². The molecule has 0 saturated heterocycles. The van der Waals surface area contributed by atoms with Crippen molar-refractivity contribution in [2.45, 2.75) is 38.8 Å². The Morgan fingerprint density at radius 2 is 2.15 bits per heavy atom. The average Bonchev–Trinajstić information content (AvgIpc) is 2.95. The Labute approximate surface area is 118 Å². The third-order valence-corrected chi connectivity index (χ3v) is 4.55. The Morgan fingerprint density at radius 1 is 1.40 bits per heavy atom. The van der Waals surface area contributed by atoms with Crippen LogP contribution in [0.1, 0.15) is 26.7 Å². The number of hydrogen-bond acceptors (Lipinski definition) is 4. The Balaban J connectivity index is 1.73. The van der Waals surface area contributed by atoms with Crippen LogP contribution in [-0.2, 0) is 0 Å². The smallest absolute Gasteiger partial charge is 0.336 e. The fraction of sp³-hybridized carbons (Fsp3) is 0.467. The third kappa shape index (κ3) is 2.08. The number of rotatable bonds is 4. The van der Waals surface area contributed by atoms with Crippen LogP contribution < -0.4 is 10.5 Å². The first-order valence-corrected chi connectivity index (χ1v) is 7.03. The van der Waals surface area contributed by atoms with E-state index in [9.17, 15) is 0 Å². The highest BCUT2D eigenvalue weighted by Crippen LogP contribution is 2.44. The molecule has 1 fully saturated rings. The summed E-state index contributed by atoms with van der Waals surface area (Å²) in [6.45, 7) is 4.31. The molecule has 0 spiro atoms. The number of ether oxygens (including phenoxy) is 1. The summed E-state index contributed by atoms with van der Waals surface area (Å²) in [6.07, 6.45) is 3.64. The van der Waals surface area contributed by atoms with Crippen molar-refractivity contribution in [1.82, 2.24) is 14.8 Å². The van der Waals surface area contributed by atoms with Crippen molar-refractivity contribution in [2.75, 3.05) is 0 Å². The molecule has 3 rings (SSSR count). The minimum Gasteiger partial charge on any atom is -0.458 e. The van der Waals surface area contributed by atoms with Crippen LogP contribution in [0, 0.1) is 5.41 Å². The predicted octanol–water partition coefficient (Wildman–Crippen LogP) is 2.16. The second-order valence-corrected chi connectivity index (χ2v) is 5.62.